The van der Waals surface area contributed by atoms with E-state index in [4.69, 9.17) is 4.99 Å². The first-order chi connectivity index (χ1) is 12.1. The molecule has 1 saturated heterocycles. The third-order valence-electron chi connectivity index (χ3n) is 4.89. The summed E-state index contributed by atoms with van der Waals surface area (Å²) >= 11 is 0. The van der Waals surface area contributed by atoms with E-state index in [2.05, 4.69) is 61.4 Å². The molecule has 0 aliphatic carbocycles. The minimum Gasteiger partial charge on any atom is -0.357 e. The van der Waals surface area contributed by atoms with Gasteiger partial charge in [0.1, 0.15) is 0 Å². The second-order valence-corrected chi connectivity index (χ2v) is 7.29. The van der Waals surface area contributed by atoms with Gasteiger partial charge in [-0.05, 0) is 64.6 Å². The summed E-state index contributed by atoms with van der Waals surface area (Å²) < 4.78 is 0. The van der Waals surface area contributed by atoms with Crippen molar-refractivity contribution in [1.82, 2.24) is 15.5 Å². The molecule has 0 amide bonds. The molecule has 0 saturated carbocycles. The summed E-state index contributed by atoms with van der Waals surface area (Å²) in [5.74, 6) is 1.66. The predicted octanol–water partition coefficient (Wildman–Crippen LogP) is 3.75. The van der Waals surface area contributed by atoms with Crippen molar-refractivity contribution in [1.29, 1.82) is 0 Å². The molecular weight excluding hydrogens is 435 g/mol. The standard InChI is InChI=1S/C21H36N4.HI/c1-5-22-21(24-15-20-8-7-11-25(6-2)16-20)23-10-9-19-13-17(3)12-18(4)14-19;/h12-14,20H,5-11,15-16H2,1-4H3,(H2,22,23,24);1H. The highest BCUT2D eigenvalue weighted by atomic mass is 127. The van der Waals surface area contributed by atoms with Gasteiger partial charge in [-0.3, -0.25) is 4.99 Å². The van der Waals surface area contributed by atoms with Gasteiger partial charge in [0.2, 0.25) is 0 Å². The van der Waals surface area contributed by atoms with Gasteiger partial charge < -0.3 is 15.5 Å². The fourth-order valence-corrected chi connectivity index (χ4v) is 3.69. The van der Waals surface area contributed by atoms with Crippen molar-refractivity contribution in [3.8, 4) is 0 Å². The maximum absolute atomic E-state index is 4.84. The van der Waals surface area contributed by atoms with E-state index >= 15 is 0 Å². The second-order valence-electron chi connectivity index (χ2n) is 7.29. The molecular formula is C21H37IN4. The Balaban J connectivity index is 0.00000338. The molecule has 1 aliphatic heterocycles. The van der Waals surface area contributed by atoms with Gasteiger partial charge in [-0.1, -0.05) is 36.2 Å². The summed E-state index contributed by atoms with van der Waals surface area (Å²) in [6.07, 6.45) is 3.65. The average molecular weight is 472 g/mol. The lowest BCUT2D eigenvalue weighted by atomic mass is 9.98. The fraction of sp³-hybridized carbons (Fsp3) is 0.667. The number of benzene rings is 1. The van der Waals surface area contributed by atoms with Crippen molar-refractivity contribution in [2.24, 2.45) is 10.9 Å². The van der Waals surface area contributed by atoms with E-state index in [1.807, 2.05) is 0 Å². The van der Waals surface area contributed by atoms with Gasteiger partial charge in [0.15, 0.2) is 5.96 Å². The number of aryl methyl sites for hydroxylation is 2. The summed E-state index contributed by atoms with van der Waals surface area (Å²) in [4.78, 5) is 7.39. The number of nitrogens with one attached hydrogen (secondary N) is 2. The summed E-state index contributed by atoms with van der Waals surface area (Å²) in [5.41, 5.74) is 4.08. The maximum atomic E-state index is 4.84. The quantitative estimate of drug-likeness (QED) is 0.361. The van der Waals surface area contributed by atoms with Gasteiger partial charge >= 0.3 is 0 Å². The van der Waals surface area contributed by atoms with Crippen LogP contribution in [0.1, 0.15) is 43.4 Å². The minimum atomic E-state index is 0. The topological polar surface area (TPSA) is 39.7 Å². The molecule has 0 radical (unpaired) electrons. The molecule has 1 unspecified atom stereocenters. The number of rotatable bonds is 7. The van der Waals surface area contributed by atoms with Gasteiger partial charge in [-0.15, -0.1) is 24.0 Å². The number of aliphatic imine (C=N–C) groups is 1. The zero-order valence-electron chi connectivity index (χ0n) is 17.0. The number of guanidine groups is 1. The van der Waals surface area contributed by atoms with Crippen LogP contribution in [0, 0.1) is 19.8 Å². The number of hydrogen-bond acceptors (Lipinski definition) is 2. The highest BCUT2D eigenvalue weighted by Crippen LogP contribution is 2.16. The van der Waals surface area contributed by atoms with Gasteiger partial charge in [0.25, 0.3) is 0 Å². The van der Waals surface area contributed by atoms with Gasteiger partial charge in [0, 0.05) is 26.2 Å². The first-order valence-electron chi connectivity index (χ1n) is 9.92. The molecule has 1 aliphatic rings. The molecule has 0 bridgehead atoms. The summed E-state index contributed by atoms with van der Waals surface area (Å²) in [5, 5.41) is 6.88. The smallest absolute Gasteiger partial charge is 0.191 e. The summed E-state index contributed by atoms with van der Waals surface area (Å²) in [6.45, 7) is 15.1. The van der Waals surface area contributed by atoms with E-state index in [1.54, 1.807) is 0 Å². The maximum Gasteiger partial charge on any atom is 0.191 e. The first kappa shape index (κ1) is 23.2. The SMILES string of the molecule is CCNC(=NCC1CCCN(CC)C1)NCCc1cc(C)cc(C)c1.I. The molecule has 4 nitrogen and oxygen atoms in total. The molecule has 0 spiro atoms. The highest BCUT2D eigenvalue weighted by molar-refractivity contribution is 14.0. The van der Waals surface area contributed by atoms with E-state index in [-0.39, 0.29) is 24.0 Å². The number of likely N-dealkylation sites (tertiary alicyclic amines) is 1. The molecule has 1 heterocycles. The van der Waals surface area contributed by atoms with Crippen LogP contribution in [-0.4, -0.2) is 50.1 Å². The summed E-state index contributed by atoms with van der Waals surface area (Å²) in [6, 6.07) is 6.78. The molecule has 1 atom stereocenters. The Morgan fingerprint density at radius 3 is 2.54 bits per heavy atom. The molecule has 26 heavy (non-hydrogen) atoms. The van der Waals surface area contributed by atoms with Crippen LogP contribution in [0.3, 0.4) is 0 Å². The van der Waals surface area contributed by atoms with Crippen molar-refractivity contribution >= 4 is 29.9 Å². The zero-order valence-corrected chi connectivity index (χ0v) is 19.3. The van der Waals surface area contributed by atoms with Crippen LogP contribution in [-0.2, 0) is 6.42 Å². The van der Waals surface area contributed by atoms with Crippen LogP contribution in [0.5, 0.6) is 0 Å². The number of piperidine rings is 1. The number of halogens is 1. The van der Waals surface area contributed by atoms with Gasteiger partial charge in [0.05, 0.1) is 0 Å². The van der Waals surface area contributed by atoms with E-state index in [0.717, 1.165) is 38.6 Å². The second kappa shape index (κ2) is 12.5. The van der Waals surface area contributed by atoms with Crippen molar-refractivity contribution < 1.29 is 0 Å². The number of nitrogens with zero attached hydrogens (tertiary/aromatic N) is 2. The molecule has 1 fully saturated rings. The fourth-order valence-electron chi connectivity index (χ4n) is 3.69. The Hall–Kier alpha value is -0.820. The van der Waals surface area contributed by atoms with Gasteiger partial charge in [-0.25, -0.2) is 0 Å². The minimum absolute atomic E-state index is 0. The lowest BCUT2D eigenvalue weighted by molar-refractivity contribution is 0.186. The van der Waals surface area contributed by atoms with E-state index < -0.39 is 0 Å². The number of hydrogen-bond donors (Lipinski definition) is 2. The molecule has 1 aromatic rings. The van der Waals surface area contributed by atoms with Crippen LogP contribution >= 0.6 is 24.0 Å². The van der Waals surface area contributed by atoms with Crippen LogP contribution in [0.25, 0.3) is 0 Å². The molecule has 1 aromatic carbocycles. The normalized spacial score (nSPS) is 18.3. The van der Waals surface area contributed by atoms with Crippen molar-refractivity contribution in [3.05, 3.63) is 34.9 Å². The van der Waals surface area contributed by atoms with Crippen molar-refractivity contribution in [2.75, 3.05) is 39.3 Å². The average Bonchev–Trinajstić information content (AvgIpc) is 2.59. The Bertz CT molecular complexity index is 539. The monoisotopic (exact) mass is 472 g/mol. The predicted molar refractivity (Wildman–Crippen MR) is 124 cm³/mol. The Morgan fingerprint density at radius 1 is 1.15 bits per heavy atom. The Morgan fingerprint density at radius 2 is 1.88 bits per heavy atom. The highest BCUT2D eigenvalue weighted by Gasteiger charge is 2.18. The molecule has 148 valence electrons. The summed E-state index contributed by atoms with van der Waals surface area (Å²) in [7, 11) is 0. The lowest BCUT2D eigenvalue weighted by Gasteiger charge is -2.31. The zero-order chi connectivity index (χ0) is 18.1. The van der Waals surface area contributed by atoms with Crippen LogP contribution < -0.4 is 10.6 Å². The van der Waals surface area contributed by atoms with Crippen LogP contribution in [0.15, 0.2) is 23.2 Å². The largest absolute Gasteiger partial charge is 0.357 e. The van der Waals surface area contributed by atoms with Crippen LogP contribution in [0.4, 0.5) is 0 Å². The van der Waals surface area contributed by atoms with Crippen LogP contribution in [0.2, 0.25) is 0 Å². The third-order valence-corrected chi connectivity index (χ3v) is 4.89. The molecule has 2 rings (SSSR count). The van der Waals surface area contributed by atoms with Crippen molar-refractivity contribution in [3.63, 3.8) is 0 Å². The van der Waals surface area contributed by atoms with E-state index in [0.29, 0.717) is 5.92 Å². The van der Waals surface area contributed by atoms with E-state index in [1.165, 1.54) is 42.6 Å². The molecule has 5 heteroatoms. The molecule has 2 N–H and O–H groups in total. The van der Waals surface area contributed by atoms with Gasteiger partial charge in [-0.2, -0.15) is 0 Å². The first-order valence-corrected chi connectivity index (χ1v) is 9.92. The molecule has 0 aromatic heterocycles. The van der Waals surface area contributed by atoms with E-state index in [9.17, 15) is 0 Å². The lowest BCUT2D eigenvalue weighted by Crippen LogP contribution is -2.40. The third kappa shape index (κ3) is 8.25. The van der Waals surface area contributed by atoms with Crippen molar-refractivity contribution in [2.45, 2.75) is 47.0 Å². The Labute approximate surface area is 177 Å². The Kier molecular flexibility index (Phi) is 11.2.